The Morgan fingerprint density at radius 1 is 1.11 bits per heavy atom. The average Bonchev–Trinajstić information content (AvgIpc) is 2.08. The minimum absolute atomic E-state index is 0.0501. The van der Waals surface area contributed by atoms with Gasteiger partial charge in [-0.3, -0.25) is 0 Å². The maximum absolute atomic E-state index is 11.7. The fourth-order valence-electron chi connectivity index (χ4n) is 3.22. The molecule has 2 unspecified atom stereocenters. The third-order valence-electron chi connectivity index (χ3n) is 3.60. The van der Waals surface area contributed by atoms with Gasteiger partial charge in [0.25, 0.3) is 0 Å². The Labute approximate surface area is 115 Å². The van der Waals surface area contributed by atoms with E-state index in [0.717, 1.165) is 19.3 Å². The number of sulfone groups is 1. The Morgan fingerprint density at radius 3 is 2.11 bits per heavy atom. The smallest absolute Gasteiger partial charge is 0.407 e. The standard InChI is InChI=1S/C13H23NO4S/c1-13(2,3)18-12(15)14-11-5-9-4-10(6-11)8-19(16,17)7-9/h9-11H,4-8H2,1-3H3,(H,14,15). The number of nitrogens with one attached hydrogen (secondary N) is 1. The van der Waals surface area contributed by atoms with E-state index < -0.39 is 21.5 Å². The summed E-state index contributed by atoms with van der Waals surface area (Å²) in [4.78, 5) is 11.7. The van der Waals surface area contributed by atoms with Crippen molar-refractivity contribution in [1.29, 1.82) is 0 Å². The number of alkyl carbamates (subject to hydrolysis) is 1. The zero-order chi connectivity index (χ0) is 14.3. The first-order valence-corrected chi connectivity index (χ1v) is 8.65. The molecule has 1 saturated heterocycles. The van der Waals surface area contributed by atoms with Gasteiger partial charge in [0.1, 0.15) is 5.60 Å². The molecule has 1 heterocycles. The van der Waals surface area contributed by atoms with Gasteiger partial charge in [0.15, 0.2) is 9.84 Å². The fraction of sp³-hybridized carbons (Fsp3) is 0.923. The molecule has 1 N–H and O–H groups in total. The predicted octanol–water partition coefficient (Wildman–Crippen LogP) is 1.72. The fourth-order valence-corrected chi connectivity index (χ4v) is 5.33. The quantitative estimate of drug-likeness (QED) is 0.798. The van der Waals surface area contributed by atoms with Crippen LogP contribution in [0.4, 0.5) is 4.79 Å². The number of hydrogen-bond acceptors (Lipinski definition) is 4. The lowest BCUT2D eigenvalue weighted by Gasteiger charge is -2.38. The molecular formula is C13H23NO4S. The first-order valence-electron chi connectivity index (χ1n) is 6.83. The molecule has 1 saturated carbocycles. The lowest BCUT2D eigenvalue weighted by molar-refractivity contribution is 0.0476. The first-order chi connectivity index (χ1) is 8.63. The molecule has 2 rings (SSSR count). The van der Waals surface area contributed by atoms with Crippen LogP contribution in [0.2, 0.25) is 0 Å². The second kappa shape index (κ2) is 4.96. The average molecular weight is 289 g/mol. The molecule has 19 heavy (non-hydrogen) atoms. The van der Waals surface area contributed by atoms with E-state index >= 15 is 0 Å². The summed E-state index contributed by atoms with van der Waals surface area (Å²) in [7, 11) is -2.87. The molecule has 1 amide bonds. The third kappa shape index (κ3) is 4.37. The summed E-state index contributed by atoms with van der Waals surface area (Å²) in [6, 6.07) is 0.0501. The number of fused-ring (bicyclic) bond motifs is 2. The summed E-state index contributed by atoms with van der Waals surface area (Å²) in [5.41, 5.74) is -0.502. The number of amides is 1. The minimum Gasteiger partial charge on any atom is -0.444 e. The van der Waals surface area contributed by atoms with E-state index in [2.05, 4.69) is 5.32 Å². The Bertz CT molecular complexity index is 432. The van der Waals surface area contributed by atoms with Crippen LogP contribution in [-0.4, -0.2) is 37.7 Å². The molecule has 2 aliphatic rings. The van der Waals surface area contributed by atoms with Crippen molar-refractivity contribution in [3.05, 3.63) is 0 Å². The maximum atomic E-state index is 11.7. The summed E-state index contributed by atoms with van der Waals surface area (Å²) in [6.45, 7) is 5.48. The van der Waals surface area contributed by atoms with Crippen LogP contribution >= 0.6 is 0 Å². The molecule has 2 atom stereocenters. The minimum atomic E-state index is -2.87. The lowest BCUT2D eigenvalue weighted by Crippen LogP contribution is -2.47. The number of ether oxygens (including phenoxy) is 1. The van der Waals surface area contributed by atoms with E-state index in [-0.39, 0.29) is 29.4 Å². The second-order valence-electron chi connectivity index (χ2n) is 6.86. The molecule has 0 aromatic carbocycles. The van der Waals surface area contributed by atoms with Crippen LogP contribution in [-0.2, 0) is 14.6 Å². The number of carbonyl (C=O) groups is 1. The van der Waals surface area contributed by atoms with Crippen molar-refractivity contribution in [3.63, 3.8) is 0 Å². The van der Waals surface area contributed by atoms with E-state index in [9.17, 15) is 13.2 Å². The second-order valence-corrected chi connectivity index (χ2v) is 9.01. The molecule has 5 nitrogen and oxygen atoms in total. The third-order valence-corrected chi connectivity index (χ3v) is 5.56. The molecule has 110 valence electrons. The van der Waals surface area contributed by atoms with Gasteiger partial charge in [-0.2, -0.15) is 0 Å². The number of rotatable bonds is 1. The predicted molar refractivity (Wildman–Crippen MR) is 72.6 cm³/mol. The molecule has 6 heteroatoms. The normalized spacial score (nSPS) is 33.5. The maximum Gasteiger partial charge on any atom is 0.407 e. The highest BCUT2D eigenvalue weighted by molar-refractivity contribution is 7.91. The highest BCUT2D eigenvalue weighted by atomic mass is 32.2. The molecule has 1 aliphatic carbocycles. The van der Waals surface area contributed by atoms with Gasteiger partial charge in [-0.15, -0.1) is 0 Å². The molecule has 0 spiro atoms. The molecule has 1 aliphatic heterocycles. The Morgan fingerprint density at radius 2 is 1.63 bits per heavy atom. The van der Waals surface area contributed by atoms with Crippen molar-refractivity contribution >= 4 is 15.9 Å². The summed E-state index contributed by atoms with van der Waals surface area (Å²) >= 11 is 0. The van der Waals surface area contributed by atoms with E-state index in [4.69, 9.17) is 4.74 Å². The Hall–Kier alpha value is -0.780. The van der Waals surface area contributed by atoms with Crippen LogP contribution in [0.25, 0.3) is 0 Å². The van der Waals surface area contributed by atoms with Crippen LogP contribution in [0.1, 0.15) is 40.0 Å². The van der Waals surface area contributed by atoms with Crippen molar-refractivity contribution in [2.75, 3.05) is 11.5 Å². The lowest BCUT2D eigenvalue weighted by atomic mass is 9.80. The highest BCUT2D eigenvalue weighted by Crippen LogP contribution is 2.35. The summed E-state index contributed by atoms with van der Waals surface area (Å²) in [5.74, 6) is 0.932. The van der Waals surface area contributed by atoms with Crippen molar-refractivity contribution in [3.8, 4) is 0 Å². The van der Waals surface area contributed by atoms with Crippen molar-refractivity contribution in [1.82, 2.24) is 5.32 Å². The van der Waals surface area contributed by atoms with E-state index in [1.807, 2.05) is 20.8 Å². The topological polar surface area (TPSA) is 72.5 Å². The van der Waals surface area contributed by atoms with Gasteiger partial charge in [-0.1, -0.05) is 0 Å². The summed E-state index contributed by atoms with van der Waals surface area (Å²) in [6.07, 6.45) is 2.07. The molecule has 2 fully saturated rings. The van der Waals surface area contributed by atoms with Crippen molar-refractivity contribution < 1.29 is 17.9 Å². The monoisotopic (exact) mass is 289 g/mol. The van der Waals surface area contributed by atoms with Gasteiger partial charge in [-0.25, -0.2) is 13.2 Å². The number of hydrogen-bond donors (Lipinski definition) is 1. The Kier molecular flexibility index (Phi) is 3.82. The van der Waals surface area contributed by atoms with Crippen LogP contribution < -0.4 is 5.32 Å². The van der Waals surface area contributed by atoms with Crippen molar-refractivity contribution in [2.24, 2.45) is 11.8 Å². The SMILES string of the molecule is CC(C)(C)OC(=O)NC1CC2CC(C1)CS(=O)(=O)C2. The molecule has 2 bridgehead atoms. The highest BCUT2D eigenvalue weighted by Gasteiger charge is 2.39. The molecule has 0 radical (unpaired) electrons. The zero-order valence-corrected chi connectivity index (χ0v) is 12.6. The van der Waals surface area contributed by atoms with Crippen LogP contribution in [0.5, 0.6) is 0 Å². The van der Waals surface area contributed by atoms with Crippen molar-refractivity contribution in [2.45, 2.75) is 51.7 Å². The van der Waals surface area contributed by atoms with Gasteiger partial charge in [0.2, 0.25) is 0 Å². The van der Waals surface area contributed by atoms with Gasteiger partial charge in [0, 0.05) is 6.04 Å². The first kappa shape index (κ1) is 14.6. The summed E-state index contributed by atoms with van der Waals surface area (Å²) in [5, 5.41) is 2.88. The van der Waals surface area contributed by atoms with E-state index in [0.29, 0.717) is 0 Å². The zero-order valence-electron chi connectivity index (χ0n) is 11.8. The van der Waals surface area contributed by atoms with Gasteiger partial charge < -0.3 is 10.1 Å². The molecule has 0 aromatic rings. The van der Waals surface area contributed by atoms with Crippen LogP contribution in [0, 0.1) is 11.8 Å². The Balaban J connectivity index is 1.90. The largest absolute Gasteiger partial charge is 0.444 e. The van der Waals surface area contributed by atoms with Gasteiger partial charge in [-0.05, 0) is 51.9 Å². The summed E-state index contributed by atoms with van der Waals surface area (Å²) < 4.78 is 28.6. The van der Waals surface area contributed by atoms with Gasteiger partial charge in [0.05, 0.1) is 11.5 Å². The van der Waals surface area contributed by atoms with E-state index in [1.165, 1.54) is 0 Å². The molecular weight excluding hydrogens is 266 g/mol. The van der Waals surface area contributed by atoms with Crippen LogP contribution in [0.3, 0.4) is 0 Å². The molecule has 0 aromatic heterocycles. The van der Waals surface area contributed by atoms with Crippen LogP contribution in [0.15, 0.2) is 0 Å². The van der Waals surface area contributed by atoms with E-state index in [1.54, 1.807) is 0 Å². The van der Waals surface area contributed by atoms with Gasteiger partial charge >= 0.3 is 6.09 Å². The number of carbonyl (C=O) groups excluding carboxylic acids is 1.